The normalized spacial score (nSPS) is 16.0. The van der Waals surface area contributed by atoms with Crippen molar-refractivity contribution in [2.75, 3.05) is 0 Å². The Hall–Kier alpha value is -2.66. The van der Waals surface area contributed by atoms with E-state index in [4.69, 9.17) is 11.6 Å². The summed E-state index contributed by atoms with van der Waals surface area (Å²) in [6.07, 6.45) is 8.46. The lowest BCUT2D eigenvalue weighted by atomic mass is 10.1. The van der Waals surface area contributed by atoms with Gasteiger partial charge in [-0.05, 0) is 48.2 Å². The zero-order valence-electron chi connectivity index (χ0n) is 12.8. The van der Waals surface area contributed by atoms with Gasteiger partial charge in [0.2, 0.25) is 0 Å². The van der Waals surface area contributed by atoms with Gasteiger partial charge in [0.15, 0.2) is 0 Å². The smallest absolute Gasteiger partial charge is 0.270 e. The zero-order chi connectivity index (χ0) is 16.5. The van der Waals surface area contributed by atoms with Gasteiger partial charge >= 0.3 is 0 Å². The van der Waals surface area contributed by atoms with Crippen LogP contribution >= 0.6 is 11.6 Å². The molecule has 3 aromatic rings. The van der Waals surface area contributed by atoms with Crippen LogP contribution in [0.4, 0.5) is 0 Å². The Labute approximate surface area is 144 Å². The number of carbonyl (C=O) groups is 1. The number of hydrogen-bond acceptors (Lipinski definition) is 3. The molecule has 2 aromatic heterocycles. The molecule has 5 nitrogen and oxygen atoms in total. The number of nitrogens with one attached hydrogen (secondary N) is 1. The number of imidazole rings is 1. The molecule has 2 heterocycles. The lowest BCUT2D eigenvalue weighted by molar-refractivity contribution is 0.0933. The molecule has 0 bridgehead atoms. The summed E-state index contributed by atoms with van der Waals surface area (Å²) in [6.45, 7) is 0. The van der Waals surface area contributed by atoms with Crippen molar-refractivity contribution < 1.29 is 4.79 Å². The van der Waals surface area contributed by atoms with Gasteiger partial charge in [0.1, 0.15) is 5.69 Å². The van der Waals surface area contributed by atoms with Crippen molar-refractivity contribution in [3.8, 4) is 5.69 Å². The Morgan fingerprint density at radius 2 is 2.04 bits per heavy atom. The van der Waals surface area contributed by atoms with Gasteiger partial charge in [0.05, 0.1) is 12.0 Å². The highest BCUT2D eigenvalue weighted by Crippen LogP contribution is 2.25. The van der Waals surface area contributed by atoms with Crippen LogP contribution in [0.15, 0.2) is 55.2 Å². The predicted octanol–water partition coefficient (Wildman–Crippen LogP) is 2.82. The number of amides is 1. The maximum absolute atomic E-state index is 12.5. The van der Waals surface area contributed by atoms with Crippen molar-refractivity contribution in [2.45, 2.75) is 18.9 Å². The molecule has 0 saturated heterocycles. The van der Waals surface area contributed by atoms with E-state index in [0.717, 1.165) is 23.6 Å². The predicted molar refractivity (Wildman–Crippen MR) is 91.5 cm³/mol. The quantitative estimate of drug-likeness (QED) is 0.799. The van der Waals surface area contributed by atoms with E-state index >= 15 is 0 Å². The lowest BCUT2D eigenvalue weighted by Gasteiger charge is -2.12. The summed E-state index contributed by atoms with van der Waals surface area (Å²) in [5, 5.41) is 3.80. The minimum Gasteiger partial charge on any atom is -0.347 e. The van der Waals surface area contributed by atoms with Gasteiger partial charge in [-0.15, -0.1) is 0 Å². The summed E-state index contributed by atoms with van der Waals surface area (Å²) in [6, 6.07) is 9.57. The number of rotatable bonds is 3. The highest BCUT2D eigenvalue weighted by molar-refractivity contribution is 6.30. The van der Waals surface area contributed by atoms with Crippen molar-refractivity contribution in [3.63, 3.8) is 0 Å². The third-order valence-corrected chi connectivity index (χ3v) is 4.45. The van der Waals surface area contributed by atoms with Crippen LogP contribution in [0.5, 0.6) is 0 Å². The van der Waals surface area contributed by atoms with Crippen molar-refractivity contribution in [3.05, 3.63) is 77.1 Å². The summed E-state index contributed by atoms with van der Waals surface area (Å²) in [4.78, 5) is 20.7. The number of hydrogen-bond donors (Lipinski definition) is 1. The zero-order valence-corrected chi connectivity index (χ0v) is 13.6. The molecule has 0 saturated carbocycles. The van der Waals surface area contributed by atoms with E-state index in [1.54, 1.807) is 24.8 Å². The summed E-state index contributed by atoms with van der Waals surface area (Å²) < 4.78 is 1.84. The second-order valence-corrected chi connectivity index (χ2v) is 6.30. The van der Waals surface area contributed by atoms with Crippen LogP contribution in [0.3, 0.4) is 0 Å². The second-order valence-electron chi connectivity index (χ2n) is 5.86. The largest absolute Gasteiger partial charge is 0.347 e. The molecule has 4 rings (SSSR count). The molecule has 1 N–H and O–H groups in total. The number of nitrogens with zero attached hydrogens (tertiary/aromatic N) is 3. The summed E-state index contributed by atoms with van der Waals surface area (Å²) in [5.41, 5.74) is 3.70. The highest BCUT2D eigenvalue weighted by Gasteiger charge is 2.24. The van der Waals surface area contributed by atoms with Crippen molar-refractivity contribution >= 4 is 17.5 Å². The SMILES string of the molecule is O=C(NC1Cc2ccc(Cl)cc2C1)c1cc(-n2ccnc2)ccn1. The van der Waals surface area contributed by atoms with Crippen molar-refractivity contribution in [2.24, 2.45) is 0 Å². The first-order valence-corrected chi connectivity index (χ1v) is 8.09. The molecule has 0 spiro atoms. The molecule has 0 radical (unpaired) electrons. The van der Waals surface area contributed by atoms with Crippen molar-refractivity contribution in [1.29, 1.82) is 0 Å². The van der Waals surface area contributed by atoms with Gasteiger partial charge in [-0.1, -0.05) is 17.7 Å². The Morgan fingerprint density at radius 1 is 1.17 bits per heavy atom. The van der Waals surface area contributed by atoms with E-state index < -0.39 is 0 Å². The molecular weight excluding hydrogens is 324 g/mol. The van der Waals surface area contributed by atoms with E-state index in [1.165, 1.54) is 11.1 Å². The van der Waals surface area contributed by atoms with E-state index in [2.05, 4.69) is 15.3 Å². The maximum Gasteiger partial charge on any atom is 0.270 e. The average Bonchev–Trinajstić information content (AvgIpc) is 3.23. The summed E-state index contributed by atoms with van der Waals surface area (Å²) >= 11 is 6.03. The first kappa shape index (κ1) is 14.9. The van der Waals surface area contributed by atoms with E-state index in [1.807, 2.05) is 35.0 Å². The third-order valence-electron chi connectivity index (χ3n) is 4.21. The molecule has 6 heteroatoms. The van der Waals surface area contributed by atoms with Gasteiger partial charge in [0, 0.05) is 29.7 Å². The molecule has 0 aliphatic heterocycles. The number of carbonyl (C=O) groups excluding carboxylic acids is 1. The molecule has 120 valence electrons. The van der Waals surface area contributed by atoms with Crippen molar-refractivity contribution in [1.82, 2.24) is 19.9 Å². The standard InChI is InChI=1S/C18H15ClN4O/c19-14-2-1-12-8-15(9-13(12)7-14)22-18(24)17-10-16(3-4-21-17)23-6-5-20-11-23/h1-7,10-11,15H,8-9H2,(H,22,24). The van der Waals surface area contributed by atoms with Crippen LogP contribution in [-0.2, 0) is 12.8 Å². The highest BCUT2D eigenvalue weighted by atomic mass is 35.5. The topological polar surface area (TPSA) is 59.8 Å². The van der Waals surface area contributed by atoms with E-state index in [-0.39, 0.29) is 11.9 Å². The maximum atomic E-state index is 12.5. The van der Waals surface area contributed by atoms with E-state index in [9.17, 15) is 4.79 Å². The summed E-state index contributed by atoms with van der Waals surface area (Å²) in [7, 11) is 0. The lowest BCUT2D eigenvalue weighted by Crippen LogP contribution is -2.35. The molecule has 1 aromatic carbocycles. The molecule has 1 atom stereocenters. The van der Waals surface area contributed by atoms with Gasteiger partial charge < -0.3 is 9.88 Å². The second kappa shape index (κ2) is 6.09. The van der Waals surface area contributed by atoms with Gasteiger partial charge in [-0.3, -0.25) is 9.78 Å². The Kier molecular flexibility index (Phi) is 3.78. The van der Waals surface area contributed by atoms with Gasteiger partial charge in [0.25, 0.3) is 5.91 Å². The third kappa shape index (κ3) is 2.90. The molecule has 1 amide bonds. The van der Waals surface area contributed by atoms with Gasteiger partial charge in [-0.25, -0.2) is 4.98 Å². The minimum absolute atomic E-state index is 0.0738. The van der Waals surface area contributed by atoms with Gasteiger partial charge in [-0.2, -0.15) is 0 Å². The Morgan fingerprint density at radius 3 is 2.88 bits per heavy atom. The first-order valence-electron chi connectivity index (χ1n) is 7.71. The number of halogens is 1. The molecule has 1 unspecified atom stereocenters. The minimum atomic E-state index is -0.166. The molecular formula is C18H15ClN4O. The van der Waals surface area contributed by atoms with Crippen LogP contribution < -0.4 is 5.32 Å². The Bertz CT molecular complexity index is 892. The van der Waals surface area contributed by atoms with Crippen LogP contribution in [0, 0.1) is 0 Å². The van der Waals surface area contributed by atoms with Crippen LogP contribution in [0.1, 0.15) is 21.6 Å². The van der Waals surface area contributed by atoms with Crippen LogP contribution in [-0.4, -0.2) is 26.5 Å². The monoisotopic (exact) mass is 338 g/mol. The molecule has 24 heavy (non-hydrogen) atoms. The molecule has 1 aliphatic rings. The average molecular weight is 339 g/mol. The number of pyridine rings is 1. The Balaban J connectivity index is 1.49. The molecule has 0 fully saturated rings. The van der Waals surface area contributed by atoms with Crippen LogP contribution in [0.25, 0.3) is 5.69 Å². The molecule has 1 aliphatic carbocycles. The fourth-order valence-corrected chi connectivity index (χ4v) is 3.26. The fourth-order valence-electron chi connectivity index (χ4n) is 3.06. The fraction of sp³-hybridized carbons (Fsp3) is 0.167. The van der Waals surface area contributed by atoms with E-state index in [0.29, 0.717) is 5.69 Å². The summed E-state index contributed by atoms with van der Waals surface area (Å²) in [5.74, 6) is -0.166. The van der Waals surface area contributed by atoms with Crippen LogP contribution in [0.2, 0.25) is 5.02 Å². The first-order chi connectivity index (χ1) is 11.7. The number of fused-ring (bicyclic) bond motifs is 1. The number of aromatic nitrogens is 3. The number of benzene rings is 1.